The number of para-hydroxylation sites is 1. The molecule has 1 aliphatic heterocycles. The smallest absolute Gasteiger partial charge is 0.410 e. The van der Waals surface area contributed by atoms with E-state index in [1.165, 1.54) is 4.90 Å². The third kappa shape index (κ3) is 4.38. The molecule has 1 unspecified atom stereocenters. The van der Waals surface area contributed by atoms with Crippen molar-refractivity contribution in [3.8, 4) is 0 Å². The Balaban J connectivity index is 1.92. The van der Waals surface area contributed by atoms with E-state index in [4.69, 9.17) is 4.74 Å². The first-order chi connectivity index (χ1) is 10.4. The van der Waals surface area contributed by atoms with Crippen molar-refractivity contribution in [3.05, 3.63) is 30.3 Å². The highest BCUT2D eigenvalue weighted by Crippen LogP contribution is 2.21. The van der Waals surface area contributed by atoms with Crippen LogP contribution in [0.2, 0.25) is 0 Å². The Labute approximate surface area is 130 Å². The lowest BCUT2D eigenvalue weighted by atomic mass is 10.2. The zero-order chi connectivity index (χ0) is 16.2. The van der Waals surface area contributed by atoms with Gasteiger partial charge in [-0.3, -0.25) is 20.5 Å². The van der Waals surface area contributed by atoms with Crippen LogP contribution in [-0.2, 0) is 9.53 Å². The van der Waals surface area contributed by atoms with Crippen LogP contribution in [0.25, 0.3) is 0 Å². The van der Waals surface area contributed by atoms with Crippen molar-refractivity contribution >= 4 is 17.7 Å². The molecule has 0 saturated carbocycles. The van der Waals surface area contributed by atoms with Crippen molar-refractivity contribution in [1.29, 1.82) is 0 Å². The molecule has 0 spiro atoms. The van der Waals surface area contributed by atoms with Gasteiger partial charge >= 0.3 is 6.09 Å². The van der Waals surface area contributed by atoms with Crippen LogP contribution >= 0.6 is 0 Å². The third-order valence-electron chi connectivity index (χ3n) is 3.29. The number of anilines is 1. The molecule has 0 aromatic heterocycles. The molecule has 1 aliphatic rings. The Morgan fingerprint density at radius 2 is 1.91 bits per heavy atom. The Hall–Kier alpha value is -2.24. The highest BCUT2D eigenvalue weighted by atomic mass is 16.6. The monoisotopic (exact) mass is 305 g/mol. The van der Waals surface area contributed by atoms with Gasteiger partial charge in [0, 0.05) is 6.54 Å². The molecule has 1 atom stereocenters. The number of likely N-dealkylation sites (tertiary alicyclic amines) is 1. The second-order valence-electron chi connectivity index (χ2n) is 6.31. The zero-order valence-electron chi connectivity index (χ0n) is 13.3. The van der Waals surface area contributed by atoms with Gasteiger partial charge in [0.15, 0.2) is 0 Å². The fraction of sp³-hybridized carbons (Fsp3) is 0.500. The van der Waals surface area contributed by atoms with E-state index in [1.54, 1.807) is 0 Å². The van der Waals surface area contributed by atoms with Gasteiger partial charge in [-0.1, -0.05) is 18.2 Å². The summed E-state index contributed by atoms with van der Waals surface area (Å²) in [4.78, 5) is 25.9. The highest BCUT2D eigenvalue weighted by Gasteiger charge is 2.36. The van der Waals surface area contributed by atoms with Crippen molar-refractivity contribution < 1.29 is 14.3 Å². The summed E-state index contributed by atoms with van der Waals surface area (Å²) < 4.78 is 5.35. The van der Waals surface area contributed by atoms with Gasteiger partial charge < -0.3 is 4.74 Å². The van der Waals surface area contributed by atoms with E-state index in [2.05, 4.69) is 10.9 Å². The van der Waals surface area contributed by atoms with Crippen molar-refractivity contribution in [3.63, 3.8) is 0 Å². The van der Waals surface area contributed by atoms with Gasteiger partial charge in [-0.05, 0) is 45.7 Å². The summed E-state index contributed by atoms with van der Waals surface area (Å²) in [7, 11) is 0. The van der Waals surface area contributed by atoms with E-state index < -0.39 is 17.7 Å². The summed E-state index contributed by atoms with van der Waals surface area (Å²) in [5.41, 5.74) is 5.72. The first-order valence-corrected chi connectivity index (χ1v) is 7.47. The lowest BCUT2D eigenvalue weighted by Gasteiger charge is -2.28. The molecule has 0 aliphatic carbocycles. The minimum absolute atomic E-state index is 0.229. The minimum atomic E-state index is -0.566. The largest absolute Gasteiger partial charge is 0.444 e. The van der Waals surface area contributed by atoms with Gasteiger partial charge in [-0.15, -0.1) is 0 Å². The number of nitrogens with one attached hydrogen (secondary N) is 2. The van der Waals surface area contributed by atoms with Crippen LogP contribution in [-0.4, -0.2) is 35.1 Å². The van der Waals surface area contributed by atoms with Gasteiger partial charge in [-0.25, -0.2) is 4.79 Å². The fourth-order valence-corrected chi connectivity index (χ4v) is 2.32. The van der Waals surface area contributed by atoms with E-state index >= 15 is 0 Å². The van der Waals surface area contributed by atoms with Crippen molar-refractivity contribution in [2.75, 3.05) is 12.0 Å². The van der Waals surface area contributed by atoms with E-state index in [9.17, 15) is 9.59 Å². The lowest BCUT2D eigenvalue weighted by molar-refractivity contribution is -0.124. The molecular formula is C16H23N3O3. The summed E-state index contributed by atoms with van der Waals surface area (Å²) in [5.74, 6) is -0.229. The molecule has 1 fully saturated rings. The molecule has 1 saturated heterocycles. The Bertz CT molecular complexity index is 525. The minimum Gasteiger partial charge on any atom is -0.444 e. The van der Waals surface area contributed by atoms with Crippen LogP contribution in [0.15, 0.2) is 30.3 Å². The summed E-state index contributed by atoms with van der Waals surface area (Å²) >= 11 is 0. The van der Waals surface area contributed by atoms with Crippen molar-refractivity contribution in [2.24, 2.45) is 0 Å². The molecule has 2 N–H and O–H groups in total. The van der Waals surface area contributed by atoms with E-state index in [-0.39, 0.29) is 5.91 Å². The summed E-state index contributed by atoms with van der Waals surface area (Å²) in [6, 6.07) is 8.84. The van der Waals surface area contributed by atoms with Crippen LogP contribution in [0, 0.1) is 0 Å². The topological polar surface area (TPSA) is 70.7 Å². The average Bonchev–Trinajstić information content (AvgIpc) is 2.93. The molecule has 2 rings (SSSR count). The van der Waals surface area contributed by atoms with Crippen molar-refractivity contribution in [2.45, 2.75) is 45.3 Å². The second-order valence-corrected chi connectivity index (χ2v) is 6.31. The van der Waals surface area contributed by atoms with Crippen LogP contribution in [0.5, 0.6) is 0 Å². The lowest BCUT2D eigenvalue weighted by Crippen LogP contribution is -2.48. The standard InChI is InChI=1S/C16H23N3O3/c1-16(2,3)22-15(21)19-11-7-10-13(19)14(20)18-17-12-8-5-4-6-9-12/h4-6,8-9,13,17H,7,10-11H2,1-3H3,(H,18,20). The molecule has 0 radical (unpaired) electrons. The SMILES string of the molecule is CC(C)(C)OC(=O)N1CCCC1C(=O)NNc1ccccc1. The number of ether oxygens (including phenoxy) is 1. The number of carbonyl (C=O) groups is 2. The second kappa shape index (κ2) is 6.68. The van der Waals surface area contributed by atoms with Gasteiger partial charge in [0.05, 0.1) is 5.69 Å². The summed E-state index contributed by atoms with van der Waals surface area (Å²) in [6.45, 7) is 5.98. The first-order valence-electron chi connectivity index (χ1n) is 7.47. The number of hydrazine groups is 1. The van der Waals surface area contributed by atoms with Crippen LogP contribution in [0.4, 0.5) is 10.5 Å². The van der Waals surface area contributed by atoms with E-state index in [0.717, 1.165) is 12.1 Å². The average molecular weight is 305 g/mol. The maximum absolute atomic E-state index is 12.3. The van der Waals surface area contributed by atoms with Gasteiger partial charge in [0.1, 0.15) is 11.6 Å². The fourth-order valence-electron chi connectivity index (χ4n) is 2.32. The van der Waals surface area contributed by atoms with E-state index in [0.29, 0.717) is 13.0 Å². The van der Waals surface area contributed by atoms with Crippen LogP contribution in [0.3, 0.4) is 0 Å². The number of benzene rings is 1. The molecule has 1 aromatic carbocycles. The van der Waals surface area contributed by atoms with Crippen LogP contribution in [0.1, 0.15) is 33.6 Å². The number of amides is 2. The summed E-state index contributed by atoms with van der Waals surface area (Å²) in [5, 5.41) is 0. The predicted molar refractivity (Wildman–Crippen MR) is 84.2 cm³/mol. The van der Waals surface area contributed by atoms with Gasteiger partial charge in [-0.2, -0.15) is 0 Å². The zero-order valence-corrected chi connectivity index (χ0v) is 13.3. The quantitative estimate of drug-likeness (QED) is 0.842. The molecule has 2 amide bonds. The molecule has 0 bridgehead atoms. The number of rotatable bonds is 3. The summed E-state index contributed by atoms with van der Waals surface area (Å²) in [6.07, 6.45) is 0.995. The maximum Gasteiger partial charge on any atom is 0.410 e. The molecule has 120 valence electrons. The normalized spacial score (nSPS) is 18.0. The third-order valence-corrected chi connectivity index (χ3v) is 3.29. The Kier molecular flexibility index (Phi) is 4.90. The van der Waals surface area contributed by atoms with Crippen molar-refractivity contribution in [1.82, 2.24) is 10.3 Å². The molecule has 6 heteroatoms. The number of hydrogen-bond acceptors (Lipinski definition) is 4. The molecule has 22 heavy (non-hydrogen) atoms. The number of hydrogen-bond donors (Lipinski definition) is 2. The number of carbonyl (C=O) groups excluding carboxylic acids is 2. The maximum atomic E-state index is 12.3. The predicted octanol–water partition coefficient (Wildman–Crippen LogP) is 2.53. The molecular weight excluding hydrogens is 282 g/mol. The van der Waals surface area contributed by atoms with Gasteiger partial charge in [0.2, 0.25) is 0 Å². The Morgan fingerprint density at radius 3 is 2.55 bits per heavy atom. The number of nitrogens with zero attached hydrogens (tertiary/aromatic N) is 1. The first kappa shape index (κ1) is 16.1. The molecule has 1 heterocycles. The highest BCUT2D eigenvalue weighted by molar-refractivity contribution is 5.87. The molecule has 1 aromatic rings. The van der Waals surface area contributed by atoms with Crippen LogP contribution < -0.4 is 10.9 Å². The van der Waals surface area contributed by atoms with Gasteiger partial charge in [0.25, 0.3) is 5.91 Å². The Morgan fingerprint density at radius 1 is 1.23 bits per heavy atom. The molecule has 6 nitrogen and oxygen atoms in total. The van der Waals surface area contributed by atoms with E-state index in [1.807, 2.05) is 51.1 Å².